The fourth-order valence-corrected chi connectivity index (χ4v) is 3.16. The third-order valence-corrected chi connectivity index (χ3v) is 5.96. The second kappa shape index (κ2) is 46.4. The van der Waals surface area contributed by atoms with Crippen LogP contribution in [0.2, 0.25) is 0 Å². The molecule has 1 fully saturated rings. The molecule has 2 aromatic heterocycles. The van der Waals surface area contributed by atoms with Crippen LogP contribution < -0.4 is 43.7 Å². The van der Waals surface area contributed by atoms with Gasteiger partial charge in [-0.2, -0.15) is 0 Å². The molecule has 3 heterocycles. The zero-order valence-electron chi connectivity index (χ0n) is 38.1. The van der Waals surface area contributed by atoms with Gasteiger partial charge in [0.15, 0.2) is 8.46 Å². The van der Waals surface area contributed by atoms with E-state index in [2.05, 4.69) is 102 Å². The van der Waals surface area contributed by atoms with E-state index in [0.717, 1.165) is 11.0 Å². The molecule has 0 aliphatic carbocycles. The summed E-state index contributed by atoms with van der Waals surface area (Å²) in [5.74, 6) is -0.536. The van der Waals surface area contributed by atoms with E-state index >= 15 is 0 Å². The Bertz CT molecular complexity index is 2450. The Balaban J connectivity index is -0.000000131. The summed E-state index contributed by atoms with van der Waals surface area (Å²) < 4.78 is 13.2. The molecule has 2 aromatic rings. The van der Waals surface area contributed by atoms with Crippen LogP contribution >= 0.6 is 8.46 Å². The molecule has 19 nitrogen and oxygen atoms in total. The van der Waals surface area contributed by atoms with Gasteiger partial charge in [-0.3, -0.25) is 49.0 Å². The number of rotatable bonds is 13. The molecule has 0 spiro atoms. The molecule has 1 amide bonds. The third kappa shape index (κ3) is 41.4. The number of nitrogens with one attached hydrogen (secondary N) is 2. The second-order valence-corrected chi connectivity index (χ2v) is 11.6. The number of carbonyl (C=O) groups is 3. The second-order valence-electron chi connectivity index (χ2n) is 11.2. The Kier molecular flexibility index (Phi) is 50.4. The lowest BCUT2D eigenvalue weighted by Gasteiger charge is -2.12. The van der Waals surface area contributed by atoms with Crippen LogP contribution in [0.1, 0.15) is 54.2 Å². The van der Waals surface area contributed by atoms with Crippen LogP contribution in [0.15, 0.2) is 165 Å². The van der Waals surface area contributed by atoms with Crippen LogP contribution in [-0.2, 0) is 23.7 Å². The summed E-state index contributed by atoms with van der Waals surface area (Å²) in [6, 6.07) is 0. The minimum absolute atomic E-state index is 0. The smallest absolute Gasteiger partial charge is 0.318 e. The Morgan fingerprint density at radius 2 is 1.32 bits per heavy atom. The minimum atomic E-state index is -0.733. The molecule has 68 heavy (non-hydrogen) atoms. The number of hydrogen-bond donors (Lipinski definition) is 4. The Morgan fingerprint density at radius 3 is 1.68 bits per heavy atom. The van der Waals surface area contributed by atoms with E-state index < -0.39 is 21.5 Å². The Labute approximate surface area is 400 Å². The molecule has 0 atom stereocenters. The number of aryl methyl sites for hydroxylation is 1. The summed E-state index contributed by atoms with van der Waals surface area (Å²) in [5, 5.41) is 25.2. The molecule has 0 saturated carbocycles. The summed E-state index contributed by atoms with van der Waals surface area (Å²) in [6.45, 7) is 46.4. The Hall–Kier alpha value is -8.57. The van der Waals surface area contributed by atoms with Gasteiger partial charge in [-0.1, -0.05) is 118 Å². The number of allylic oxidation sites excluding steroid dienone is 9. The molecule has 0 unspecified atom stereocenters. The highest BCUT2D eigenvalue weighted by atomic mass is 31.1. The fourth-order valence-electron chi connectivity index (χ4n) is 3.16. The maximum absolute atomic E-state index is 11.2. The van der Waals surface area contributed by atoms with Gasteiger partial charge in [0, 0.05) is 18.6 Å². The number of aromatic nitrogens is 4. The molecule has 20 heteroatoms. The highest BCUT2D eigenvalue weighted by molar-refractivity contribution is 7.22. The summed E-state index contributed by atoms with van der Waals surface area (Å²) in [4.78, 5) is 76.0. The number of esters is 1. The number of ether oxygens (including phenoxy) is 1. The van der Waals surface area contributed by atoms with Gasteiger partial charge in [0.05, 0.1) is 49.6 Å². The van der Waals surface area contributed by atoms with E-state index in [4.69, 9.17) is 16.0 Å². The molecule has 0 bridgehead atoms. The highest BCUT2D eigenvalue weighted by Crippen LogP contribution is 2.13. The van der Waals surface area contributed by atoms with Crippen LogP contribution in [-0.4, -0.2) is 54.1 Å². The molecular weight excluding hydrogens is 894 g/mol. The predicted octanol–water partition coefficient (Wildman–Crippen LogP) is 5.91. The van der Waals surface area contributed by atoms with E-state index in [1.54, 1.807) is 55.4 Å². The number of ketones is 1. The van der Waals surface area contributed by atoms with E-state index in [1.807, 2.05) is 20.8 Å². The number of aromatic amines is 1. The Morgan fingerprint density at radius 1 is 0.853 bits per heavy atom. The first-order valence-corrected chi connectivity index (χ1v) is 19.9. The molecule has 1 aliphatic rings. The first-order valence-electron chi connectivity index (χ1n) is 18.6. The SMILES string of the molecule is C.C.C=C/C=C(/N)C(=C)[N+](=O)[O-].C=C/C=C(/N)C=C.C=C/C=C(/NC(=O)CC(C)=O)C(=C)[N+](=O)[O-].C=C/C=c1/[nH]c(=O)cnc1=C.C=C/C=c1/nc(C)cnc1=C.C=C1CC(=O)O1.CC.CP=O. The minimum Gasteiger partial charge on any atom is -0.431 e. The lowest BCUT2D eigenvalue weighted by Crippen LogP contribution is -2.35. The van der Waals surface area contributed by atoms with Crippen LogP contribution in [0.5, 0.6) is 0 Å². The molecule has 0 radical (unpaired) electrons. The van der Waals surface area contributed by atoms with E-state index in [9.17, 15) is 39.4 Å². The summed E-state index contributed by atoms with van der Waals surface area (Å²) >= 11 is 0. The van der Waals surface area contributed by atoms with Gasteiger partial charge in [-0.25, -0.2) is 9.97 Å². The summed E-state index contributed by atoms with van der Waals surface area (Å²) in [7, 11) is 0.167. The normalized spacial score (nSPS) is 10.9. The number of cyclic esters (lactones) is 1. The van der Waals surface area contributed by atoms with Gasteiger partial charge in [0.2, 0.25) is 5.91 Å². The third-order valence-electron chi connectivity index (χ3n) is 5.96. The van der Waals surface area contributed by atoms with Crippen molar-refractivity contribution in [3.63, 3.8) is 0 Å². The van der Waals surface area contributed by atoms with Crippen molar-refractivity contribution in [3.8, 4) is 0 Å². The molecule has 1 saturated heterocycles. The number of Topliss-reactive ketones (excluding diaryl/α,β-unsaturated/α-hetero) is 1. The number of amides is 1. The van der Waals surface area contributed by atoms with Crippen molar-refractivity contribution in [2.45, 2.75) is 55.4 Å². The van der Waals surface area contributed by atoms with E-state index in [0.29, 0.717) is 33.9 Å². The number of nitrogens with zero attached hydrogens (tertiary/aromatic N) is 5. The number of nitro groups is 2. The highest BCUT2D eigenvalue weighted by Gasteiger charge is 2.18. The van der Waals surface area contributed by atoms with Gasteiger partial charge >= 0.3 is 5.97 Å². The summed E-state index contributed by atoms with van der Waals surface area (Å²) in [6.07, 6.45) is 19.8. The van der Waals surface area contributed by atoms with Crippen molar-refractivity contribution in [1.82, 2.24) is 25.3 Å². The standard InChI is InChI=1S/C10H12N2O4.C9H10N2.C8H8N2O.C6H8N2O2.C6H9N.C4H4O2.C2H6.CH3OP.2CH4/c1-4-5-9(8(3)12(15)16)11-10(14)6-7(2)13;1-4-5-9-8(3)10-6-7(2)11-9;1-3-4-7-6(2)9-5-8(11)10-7;1-3-4-6(7)5(2)8(9)10;1-3-5-6(7)4-2;1-3-2-4(5)6-3;1-2;1-3-2;;/h4-5H,1,3,6H2,2H3,(H,11,14);4-6H,1,3H2,2H3;3-5H,1-2H2,(H,10,11);3-4H,1-2,7H2;3-5H,1-2,7H2;1-2H2;1-2H3;1H3;2*1H4/b2*9-5+;7-4+;6-4+;6-5+;;;;;. The number of nitrogens with two attached hydrogens (primary N) is 2. The number of H-pyrrole nitrogens is 1. The maximum atomic E-state index is 11.2. The maximum Gasteiger partial charge on any atom is 0.318 e. The molecule has 370 valence electrons. The first-order chi connectivity index (χ1) is 31.0. The van der Waals surface area contributed by atoms with E-state index in [-0.39, 0.29) is 64.1 Å². The van der Waals surface area contributed by atoms with Crippen LogP contribution in [0, 0.1) is 27.2 Å². The molecule has 0 aromatic carbocycles. The number of hydrogen-bond acceptors (Lipinski definition) is 15. The van der Waals surface area contributed by atoms with Crippen molar-refractivity contribution < 1.29 is 33.5 Å². The van der Waals surface area contributed by atoms with Crippen LogP contribution in [0.25, 0.3) is 25.3 Å². The quantitative estimate of drug-likeness (QED) is 0.0453. The molecule has 3 rings (SSSR count). The number of carbonyl (C=O) groups excluding carboxylic acids is 3. The van der Waals surface area contributed by atoms with Gasteiger partial charge in [-0.05, 0) is 63.5 Å². The van der Waals surface area contributed by atoms with Gasteiger partial charge in [-0.15, -0.1) is 0 Å². The van der Waals surface area contributed by atoms with Crippen molar-refractivity contribution in [2.75, 3.05) is 6.66 Å². The fraction of sp³-hybridized carbons (Fsp3) is 0.188. The van der Waals surface area contributed by atoms with Gasteiger partial charge in [0.1, 0.15) is 29.4 Å². The zero-order chi connectivity index (χ0) is 52.4. The largest absolute Gasteiger partial charge is 0.431 e. The molecule has 1 aliphatic heterocycles. The van der Waals surface area contributed by atoms with Gasteiger partial charge in [0.25, 0.3) is 17.0 Å². The average molecular weight is 962 g/mol. The summed E-state index contributed by atoms with van der Waals surface area (Å²) in [5.41, 5.74) is 10.9. The van der Waals surface area contributed by atoms with Crippen LogP contribution in [0.3, 0.4) is 0 Å². The zero-order valence-corrected chi connectivity index (χ0v) is 39.0. The topological polar surface area (TPSA) is 299 Å². The predicted molar refractivity (Wildman–Crippen MR) is 278 cm³/mol. The van der Waals surface area contributed by atoms with Crippen molar-refractivity contribution in [3.05, 3.63) is 218 Å². The molecular formula is C48H68N9O10P. The first kappa shape index (κ1) is 73.8. The van der Waals surface area contributed by atoms with Crippen LogP contribution in [0.4, 0.5) is 0 Å². The van der Waals surface area contributed by atoms with Crippen molar-refractivity contribution in [1.29, 1.82) is 0 Å². The average Bonchev–Trinajstić information content (AvgIpc) is 3.24. The van der Waals surface area contributed by atoms with Gasteiger partial charge < -0.3 is 26.5 Å². The van der Waals surface area contributed by atoms with E-state index in [1.165, 1.54) is 37.4 Å². The lowest BCUT2D eigenvalue weighted by atomic mass is 10.2. The lowest BCUT2D eigenvalue weighted by molar-refractivity contribution is -0.420. The van der Waals surface area contributed by atoms with Crippen molar-refractivity contribution in [2.24, 2.45) is 11.5 Å². The van der Waals surface area contributed by atoms with Crippen molar-refractivity contribution >= 4 is 51.4 Å². The molecule has 6 N–H and O–H groups in total. The monoisotopic (exact) mass is 961 g/mol.